The first-order valence-electron chi connectivity index (χ1n) is 4.04. The molecule has 0 aromatic heterocycles. The van der Waals surface area contributed by atoms with Gasteiger partial charge in [0.05, 0.1) is 11.7 Å². The van der Waals surface area contributed by atoms with Crippen molar-refractivity contribution >= 4 is 17.3 Å². The molecule has 1 N–H and O–H groups in total. The standard InChI is InChI=1S/C9H9ClFNO/c10-4-7-5-13-9-3-6(11)1-2-8(9)12-7/h1-3,7,12H,4-5H2. The Morgan fingerprint density at radius 3 is 3.23 bits per heavy atom. The van der Waals surface area contributed by atoms with Crippen LogP contribution in [0.4, 0.5) is 10.1 Å². The Morgan fingerprint density at radius 1 is 1.62 bits per heavy atom. The normalized spacial score (nSPS) is 20.0. The zero-order valence-corrected chi connectivity index (χ0v) is 7.64. The Hall–Kier alpha value is -0.960. The molecule has 0 radical (unpaired) electrons. The molecule has 2 nitrogen and oxygen atoms in total. The van der Waals surface area contributed by atoms with E-state index in [1.54, 1.807) is 6.07 Å². The second-order valence-corrected chi connectivity index (χ2v) is 3.26. The summed E-state index contributed by atoms with van der Waals surface area (Å²) in [6.45, 7) is 0.486. The van der Waals surface area contributed by atoms with Gasteiger partial charge in [0.25, 0.3) is 0 Å². The van der Waals surface area contributed by atoms with Crippen molar-refractivity contribution in [3.63, 3.8) is 0 Å². The van der Waals surface area contributed by atoms with Gasteiger partial charge in [0, 0.05) is 11.9 Å². The molecule has 2 rings (SSSR count). The van der Waals surface area contributed by atoms with Crippen LogP contribution in [0, 0.1) is 5.82 Å². The topological polar surface area (TPSA) is 21.3 Å². The van der Waals surface area contributed by atoms with Crippen molar-refractivity contribution in [2.24, 2.45) is 0 Å². The molecule has 0 aliphatic carbocycles. The maximum Gasteiger partial charge on any atom is 0.145 e. The van der Waals surface area contributed by atoms with Crippen LogP contribution in [0.3, 0.4) is 0 Å². The van der Waals surface area contributed by atoms with Gasteiger partial charge in [0.15, 0.2) is 0 Å². The predicted octanol–water partition coefficient (Wildman–Crippen LogP) is 2.24. The number of anilines is 1. The van der Waals surface area contributed by atoms with Gasteiger partial charge in [-0.05, 0) is 12.1 Å². The van der Waals surface area contributed by atoms with Crippen molar-refractivity contribution in [3.05, 3.63) is 24.0 Å². The molecule has 4 heteroatoms. The number of rotatable bonds is 1. The highest BCUT2D eigenvalue weighted by molar-refractivity contribution is 6.18. The predicted molar refractivity (Wildman–Crippen MR) is 50.0 cm³/mol. The minimum Gasteiger partial charge on any atom is -0.489 e. The van der Waals surface area contributed by atoms with Crippen LogP contribution < -0.4 is 10.1 Å². The second kappa shape index (κ2) is 3.42. The summed E-state index contributed by atoms with van der Waals surface area (Å²) in [5, 5.41) is 3.15. The summed E-state index contributed by atoms with van der Waals surface area (Å²) in [5.41, 5.74) is 0.804. The number of alkyl halides is 1. The fraction of sp³-hybridized carbons (Fsp3) is 0.333. The lowest BCUT2D eigenvalue weighted by atomic mass is 10.2. The number of ether oxygens (including phenoxy) is 1. The van der Waals surface area contributed by atoms with E-state index in [4.69, 9.17) is 16.3 Å². The summed E-state index contributed by atoms with van der Waals surface area (Å²) in [7, 11) is 0. The van der Waals surface area contributed by atoms with E-state index in [1.807, 2.05) is 0 Å². The number of benzene rings is 1. The van der Waals surface area contributed by atoms with Crippen LogP contribution in [0.25, 0.3) is 0 Å². The zero-order chi connectivity index (χ0) is 9.26. The van der Waals surface area contributed by atoms with Crippen molar-refractivity contribution in [1.82, 2.24) is 0 Å². The Labute approximate surface area is 80.7 Å². The van der Waals surface area contributed by atoms with Crippen molar-refractivity contribution in [2.75, 3.05) is 17.8 Å². The Bertz CT molecular complexity index is 318. The van der Waals surface area contributed by atoms with E-state index in [0.29, 0.717) is 18.2 Å². The lowest BCUT2D eigenvalue weighted by Gasteiger charge is -2.25. The van der Waals surface area contributed by atoms with Crippen LogP contribution in [-0.2, 0) is 0 Å². The van der Waals surface area contributed by atoms with Crippen LogP contribution in [-0.4, -0.2) is 18.5 Å². The Balaban J connectivity index is 2.26. The third kappa shape index (κ3) is 1.70. The smallest absolute Gasteiger partial charge is 0.145 e. The lowest BCUT2D eigenvalue weighted by Crippen LogP contribution is -2.32. The van der Waals surface area contributed by atoms with Crippen LogP contribution in [0.5, 0.6) is 5.75 Å². The molecule has 0 fully saturated rings. The Morgan fingerprint density at radius 2 is 2.46 bits per heavy atom. The third-order valence-corrected chi connectivity index (χ3v) is 2.30. The van der Waals surface area contributed by atoms with E-state index in [-0.39, 0.29) is 11.9 Å². The molecule has 1 aliphatic heterocycles. The van der Waals surface area contributed by atoms with E-state index in [9.17, 15) is 4.39 Å². The summed E-state index contributed by atoms with van der Waals surface area (Å²) < 4.78 is 18.1. The van der Waals surface area contributed by atoms with E-state index < -0.39 is 0 Å². The molecule has 0 amide bonds. The number of fused-ring (bicyclic) bond motifs is 1. The minimum atomic E-state index is -0.287. The molecule has 0 bridgehead atoms. The third-order valence-electron chi connectivity index (χ3n) is 1.93. The molecular formula is C9H9ClFNO. The zero-order valence-electron chi connectivity index (χ0n) is 6.89. The lowest BCUT2D eigenvalue weighted by molar-refractivity contribution is 0.291. The second-order valence-electron chi connectivity index (χ2n) is 2.95. The van der Waals surface area contributed by atoms with Gasteiger partial charge in [-0.25, -0.2) is 4.39 Å². The molecule has 1 heterocycles. The molecule has 0 spiro atoms. The summed E-state index contributed by atoms with van der Waals surface area (Å²) in [6, 6.07) is 4.53. The molecule has 1 unspecified atom stereocenters. The maximum atomic E-state index is 12.7. The van der Waals surface area contributed by atoms with Crippen LogP contribution >= 0.6 is 11.6 Å². The van der Waals surface area contributed by atoms with Gasteiger partial charge in [-0.15, -0.1) is 11.6 Å². The average molecular weight is 202 g/mol. The fourth-order valence-electron chi connectivity index (χ4n) is 1.27. The van der Waals surface area contributed by atoms with Crippen molar-refractivity contribution in [2.45, 2.75) is 6.04 Å². The fourth-order valence-corrected chi connectivity index (χ4v) is 1.44. The molecular weight excluding hydrogens is 193 g/mol. The number of nitrogens with one attached hydrogen (secondary N) is 1. The molecule has 0 saturated heterocycles. The number of hydrogen-bond donors (Lipinski definition) is 1. The highest BCUT2D eigenvalue weighted by Gasteiger charge is 2.17. The molecule has 0 saturated carbocycles. The first-order valence-corrected chi connectivity index (χ1v) is 4.58. The molecule has 1 aromatic carbocycles. The molecule has 70 valence electrons. The summed E-state index contributed by atoms with van der Waals surface area (Å²) in [6.07, 6.45) is 0. The summed E-state index contributed by atoms with van der Waals surface area (Å²) in [4.78, 5) is 0. The van der Waals surface area contributed by atoms with Crippen LogP contribution in [0.1, 0.15) is 0 Å². The highest BCUT2D eigenvalue weighted by atomic mass is 35.5. The average Bonchev–Trinajstić information content (AvgIpc) is 2.17. The van der Waals surface area contributed by atoms with Crippen LogP contribution in [0.15, 0.2) is 18.2 Å². The minimum absolute atomic E-state index is 0.111. The van der Waals surface area contributed by atoms with Gasteiger partial charge in [0.1, 0.15) is 18.2 Å². The van der Waals surface area contributed by atoms with E-state index in [1.165, 1.54) is 12.1 Å². The SMILES string of the molecule is Fc1ccc2c(c1)OCC(CCl)N2. The van der Waals surface area contributed by atoms with Gasteiger partial charge in [-0.2, -0.15) is 0 Å². The largest absolute Gasteiger partial charge is 0.489 e. The summed E-state index contributed by atoms with van der Waals surface area (Å²) in [5.74, 6) is 0.753. The first-order chi connectivity index (χ1) is 6.29. The van der Waals surface area contributed by atoms with E-state index >= 15 is 0 Å². The number of hydrogen-bond acceptors (Lipinski definition) is 2. The monoisotopic (exact) mass is 201 g/mol. The molecule has 1 aromatic rings. The highest BCUT2D eigenvalue weighted by Crippen LogP contribution is 2.29. The van der Waals surface area contributed by atoms with Gasteiger partial charge < -0.3 is 10.1 Å². The van der Waals surface area contributed by atoms with Crippen molar-refractivity contribution in [3.8, 4) is 5.75 Å². The van der Waals surface area contributed by atoms with Crippen molar-refractivity contribution in [1.29, 1.82) is 0 Å². The first kappa shape index (κ1) is 8.63. The van der Waals surface area contributed by atoms with E-state index in [0.717, 1.165) is 5.69 Å². The summed E-state index contributed by atoms with van der Waals surface area (Å²) >= 11 is 5.66. The molecule has 13 heavy (non-hydrogen) atoms. The quantitative estimate of drug-likeness (QED) is 0.704. The molecule has 1 aliphatic rings. The van der Waals surface area contributed by atoms with Gasteiger partial charge >= 0.3 is 0 Å². The van der Waals surface area contributed by atoms with Gasteiger partial charge in [-0.1, -0.05) is 0 Å². The van der Waals surface area contributed by atoms with Gasteiger partial charge in [-0.3, -0.25) is 0 Å². The Kier molecular flexibility index (Phi) is 2.27. The van der Waals surface area contributed by atoms with Gasteiger partial charge in [0.2, 0.25) is 0 Å². The maximum absolute atomic E-state index is 12.7. The molecule has 1 atom stereocenters. The van der Waals surface area contributed by atoms with Crippen LogP contribution in [0.2, 0.25) is 0 Å². The number of halogens is 2. The van der Waals surface area contributed by atoms with Crippen molar-refractivity contribution < 1.29 is 9.13 Å². The van der Waals surface area contributed by atoms with E-state index in [2.05, 4.69) is 5.32 Å².